The number of aliphatic hydroxyl groups excluding tert-OH is 1. The molecular formula is C36H48ClN3O6S. The number of nitrogens with one attached hydrogen (secondary N) is 1. The van der Waals surface area contributed by atoms with Crippen LogP contribution in [0.4, 0.5) is 5.69 Å². The number of hydrogen-bond acceptors (Lipinski definition) is 8. The van der Waals surface area contributed by atoms with Crippen molar-refractivity contribution in [2.24, 2.45) is 17.8 Å². The monoisotopic (exact) mass is 685 g/mol. The number of anilines is 1. The molecule has 0 aromatic heterocycles. The van der Waals surface area contributed by atoms with Gasteiger partial charge in [-0.05, 0) is 111 Å². The van der Waals surface area contributed by atoms with Crippen molar-refractivity contribution in [1.82, 2.24) is 9.62 Å². The Bertz CT molecular complexity index is 1600. The lowest BCUT2D eigenvalue weighted by atomic mass is 9.67. The molecule has 1 saturated heterocycles. The molecule has 2 aliphatic carbocycles. The number of carbonyl (C=O) groups is 1. The third kappa shape index (κ3) is 6.53. The van der Waals surface area contributed by atoms with Crippen molar-refractivity contribution < 1.29 is 27.8 Å². The van der Waals surface area contributed by atoms with E-state index in [9.17, 15) is 18.3 Å². The topological polar surface area (TPSA) is 108 Å². The molecule has 3 heterocycles. The largest absolute Gasteiger partial charge is 0.490 e. The van der Waals surface area contributed by atoms with Gasteiger partial charge in [-0.25, -0.2) is 13.1 Å². The summed E-state index contributed by atoms with van der Waals surface area (Å²) in [4.78, 5) is 18.3. The zero-order valence-corrected chi connectivity index (χ0v) is 29.1. The van der Waals surface area contributed by atoms with Crippen LogP contribution in [0.5, 0.6) is 5.75 Å². The molecule has 0 unspecified atom stereocenters. The summed E-state index contributed by atoms with van der Waals surface area (Å²) in [7, 11) is -3.97. The zero-order chi connectivity index (χ0) is 32.9. The van der Waals surface area contributed by atoms with E-state index in [4.69, 9.17) is 21.1 Å². The van der Waals surface area contributed by atoms with Gasteiger partial charge in [-0.2, -0.15) is 0 Å². The second-order valence-electron chi connectivity index (χ2n) is 14.8. The normalized spacial score (nSPS) is 34.6. The Morgan fingerprint density at radius 2 is 1.87 bits per heavy atom. The maximum absolute atomic E-state index is 13.6. The summed E-state index contributed by atoms with van der Waals surface area (Å²) < 4.78 is 41.8. The first-order valence-corrected chi connectivity index (χ1v) is 19.3. The molecule has 0 radical (unpaired) electrons. The molecule has 7 atom stereocenters. The number of fused-ring (bicyclic) bond motifs is 4. The van der Waals surface area contributed by atoms with Crippen molar-refractivity contribution in [1.29, 1.82) is 0 Å². The van der Waals surface area contributed by atoms with Crippen LogP contribution in [0.3, 0.4) is 0 Å². The number of hydrogen-bond donors (Lipinski definition) is 2. The predicted octanol–water partition coefficient (Wildman–Crippen LogP) is 4.78. The van der Waals surface area contributed by atoms with E-state index in [1.54, 1.807) is 19.1 Å². The molecule has 2 bridgehead atoms. The highest BCUT2D eigenvalue weighted by Gasteiger charge is 2.45. The van der Waals surface area contributed by atoms with Crippen LogP contribution >= 0.6 is 11.6 Å². The molecule has 2 N–H and O–H groups in total. The molecule has 2 fully saturated rings. The molecule has 256 valence electrons. The van der Waals surface area contributed by atoms with Crippen LogP contribution in [0.2, 0.25) is 5.02 Å². The van der Waals surface area contributed by atoms with Crippen molar-refractivity contribution in [3.8, 4) is 5.75 Å². The van der Waals surface area contributed by atoms with E-state index in [2.05, 4.69) is 26.7 Å². The first kappa shape index (κ1) is 33.1. The Hall–Kier alpha value is -2.37. The summed E-state index contributed by atoms with van der Waals surface area (Å²) in [5, 5.41) is 11.8. The Morgan fingerprint density at radius 3 is 2.64 bits per heavy atom. The van der Waals surface area contributed by atoms with Gasteiger partial charge in [-0.15, -0.1) is 0 Å². The summed E-state index contributed by atoms with van der Waals surface area (Å²) in [6.45, 7) is 8.32. The standard InChI is InChI=1S/C36H48ClN3O6S/c1-23-16-29(39-12-14-45-15-13-39)19-33(41)30-8-5-27(30)20-40-21-36(11-3-4-25-17-28(37)7-9-31(25)36)22-46-34-10-6-26(18-32(34)40)35(42)38-47(43,44)24(23)2/h6-7,9-10,17-18,23-24,27,29-30,33,41H,3-5,8,11-16,19-22H2,1-2H3,(H,38,42)/t23-,24+,27-,29-,30+,33-,36-/m0/s1. The summed E-state index contributed by atoms with van der Waals surface area (Å²) in [5.74, 6) is 0.265. The molecule has 2 aromatic carbocycles. The minimum atomic E-state index is -3.97. The van der Waals surface area contributed by atoms with Gasteiger partial charge in [-0.1, -0.05) is 24.6 Å². The molecule has 7 rings (SSSR count). The quantitative estimate of drug-likeness (QED) is 0.442. The van der Waals surface area contributed by atoms with E-state index in [1.165, 1.54) is 11.1 Å². The molecule has 1 amide bonds. The van der Waals surface area contributed by atoms with Crippen molar-refractivity contribution in [2.45, 2.75) is 81.6 Å². The average molecular weight is 686 g/mol. The van der Waals surface area contributed by atoms with Gasteiger partial charge in [0.2, 0.25) is 10.0 Å². The molecule has 11 heteroatoms. The van der Waals surface area contributed by atoms with Gasteiger partial charge in [-0.3, -0.25) is 9.69 Å². The van der Waals surface area contributed by atoms with Crippen molar-refractivity contribution in [3.05, 3.63) is 58.1 Å². The zero-order valence-electron chi connectivity index (χ0n) is 27.5. The van der Waals surface area contributed by atoms with Gasteiger partial charge in [0.1, 0.15) is 5.75 Å². The van der Waals surface area contributed by atoms with E-state index in [-0.39, 0.29) is 34.8 Å². The first-order valence-electron chi connectivity index (χ1n) is 17.4. The van der Waals surface area contributed by atoms with Crippen LogP contribution in [0.1, 0.15) is 73.9 Å². The lowest BCUT2D eigenvalue weighted by Crippen LogP contribution is -2.51. The number of aliphatic hydroxyl groups is 1. The highest BCUT2D eigenvalue weighted by atomic mass is 35.5. The second-order valence-corrected chi connectivity index (χ2v) is 17.3. The Balaban J connectivity index is 1.27. The Kier molecular flexibility index (Phi) is 9.28. The lowest BCUT2D eigenvalue weighted by molar-refractivity contribution is -0.0324. The fourth-order valence-electron chi connectivity index (χ4n) is 8.86. The van der Waals surface area contributed by atoms with Crippen molar-refractivity contribution in [3.63, 3.8) is 0 Å². The number of amides is 1. The number of carbonyl (C=O) groups excluding carboxylic acids is 1. The van der Waals surface area contributed by atoms with E-state index < -0.39 is 27.3 Å². The van der Waals surface area contributed by atoms with Crippen LogP contribution in [-0.2, 0) is 26.6 Å². The minimum absolute atomic E-state index is 0.0196. The summed E-state index contributed by atoms with van der Waals surface area (Å²) in [6.07, 6.45) is 5.67. The Morgan fingerprint density at radius 1 is 1.06 bits per heavy atom. The molecule has 9 nitrogen and oxygen atoms in total. The maximum Gasteiger partial charge on any atom is 0.264 e. The smallest absolute Gasteiger partial charge is 0.264 e. The molecule has 1 saturated carbocycles. The fourth-order valence-corrected chi connectivity index (χ4v) is 10.3. The fraction of sp³-hybridized carbons (Fsp3) is 0.639. The average Bonchev–Trinajstić information content (AvgIpc) is 3.18. The van der Waals surface area contributed by atoms with E-state index in [1.807, 2.05) is 19.1 Å². The molecule has 5 aliphatic rings. The van der Waals surface area contributed by atoms with Gasteiger partial charge in [0.15, 0.2) is 0 Å². The predicted molar refractivity (Wildman–Crippen MR) is 183 cm³/mol. The van der Waals surface area contributed by atoms with Gasteiger partial charge < -0.3 is 19.5 Å². The van der Waals surface area contributed by atoms with Gasteiger partial charge in [0.05, 0.1) is 36.9 Å². The summed E-state index contributed by atoms with van der Waals surface area (Å²) >= 11 is 6.43. The number of sulfonamides is 1. The van der Waals surface area contributed by atoms with Gasteiger partial charge in [0.25, 0.3) is 5.91 Å². The summed E-state index contributed by atoms with van der Waals surface area (Å²) in [5.41, 5.74) is 3.34. The number of ether oxygens (including phenoxy) is 2. The van der Waals surface area contributed by atoms with Crippen LogP contribution in [-0.4, -0.2) is 87.7 Å². The van der Waals surface area contributed by atoms with Crippen LogP contribution in [0.25, 0.3) is 0 Å². The van der Waals surface area contributed by atoms with Crippen LogP contribution in [0.15, 0.2) is 36.4 Å². The van der Waals surface area contributed by atoms with Crippen molar-refractivity contribution in [2.75, 3.05) is 50.9 Å². The molecular weight excluding hydrogens is 638 g/mol. The third-order valence-corrected chi connectivity index (χ3v) is 14.1. The number of aryl methyl sites for hydroxylation is 1. The lowest BCUT2D eigenvalue weighted by Gasteiger charge is -2.47. The number of nitrogens with zero attached hydrogens (tertiary/aromatic N) is 2. The van der Waals surface area contributed by atoms with Crippen LogP contribution in [0, 0.1) is 17.8 Å². The van der Waals surface area contributed by atoms with Gasteiger partial charge in [0, 0.05) is 48.2 Å². The van der Waals surface area contributed by atoms with Gasteiger partial charge >= 0.3 is 0 Å². The van der Waals surface area contributed by atoms with Crippen LogP contribution < -0.4 is 14.4 Å². The van der Waals surface area contributed by atoms with Crippen molar-refractivity contribution >= 4 is 33.2 Å². The summed E-state index contributed by atoms with van der Waals surface area (Å²) in [6, 6.07) is 11.5. The highest BCUT2D eigenvalue weighted by Crippen LogP contribution is 2.47. The second kappa shape index (κ2) is 13.2. The first-order chi connectivity index (χ1) is 22.5. The number of benzene rings is 2. The van der Waals surface area contributed by atoms with E-state index >= 15 is 0 Å². The highest BCUT2D eigenvalue weighted by molar-refractivity contribution is 7.90. The number of rotatable bonds is 1. The number of halogens is 1. The molecule has 47 heavy (non-hydrogen) atoms. The van der Waals surface area contributed by atoms with E-state index in [0.29, 0.717) is 45.0 Å². The SMILES string of the molecule is C[C@@H]1[C@@H](C)C[C@H](N2CCOCC2)C[C@H](O)[C@@H]2CC[C@H]2CN2C[C@@]3(CCCc4cc(Cl)ccc43)COc3ccc(cc32)C(=O)NS1(=O)=O. The minimum Gasteiger partial charge on any atom is -0.490 e. The maximum atomic E-state index is 13.6. The van der Waals surface area contributed by atoms with E-state index in [0.717, 1.165) is 62.4 Å². The Labute approximate surface area is 284 Å². The molecule has 3 aliphatic heterocycles. The molecule has 1 spiro atoms. The number of morpholine rings is 1. The molecule has 2 aromatic rings. The third-order valence-electron chi connectivity index (χ3n) is 12.0.